The van der Waals surface area contributed by atoms with Crippen molar-refractivity contribution < 1.29 is 4.79 Å². The highest BCUT2D eigenvalue weighted by atomic mass is 35.5. The van der Waals surface area contributed by atoms with E-state index in [1.807, 2.05) is 54.6 Å². The lowest BCUT2D eigenvalue weighted by atomic mass is 9.97. The number of carbonyl (C=O) groups excluding carboxylic acids is 1. The average molecular weight is 364 g/mol. The average Bonchev–Trinajstić information content (AvgIpc) is 2.65. The largest absolute Gasteiger partial charge is 0.378 e. The molecule has 0 aliphatic heterocycles. The molecule has 0 bridgehead atoms. The van der Waals surface area contributed by atoms with Gasteiger partial charge in [-0.3, -0.25) is 4.79 Å². The minimum absolute atomic E-state index is 0.113. The maximum atomic E-state index is 12.7. The number of aryl methyl sites for hydroxylation is 2. The van der Waals surface area contributed by atoms with Crippen molar-refractivity contribution in [3.05, 3.63) is 100 Å². The van der Waals surface area contributed by atoms with E-state index in [9.17, 15) is 4.79 Å². The Hall–Kier alpha value is -2.58. The second-order valence-corrected chi connectivity index (χ2v) is 6.98. The Labute approximate surface area is 159 Å². The van der Waals surface area contributed by atoms with Crippen LogP contribution in [0.3, 0.4) is 0 Å². The fourth-order valence-corrected chi connectivity index (χ4v) is 3.03. The molecular weight excluding hydrogens is 342 g/mol. The Kier molecular flexibility index (Phi) is 5.75. The van der Waals surface area contributed by atoms with Gasteiger partial charge in [0.05, 0.1) is 6.04 Å². The van der Waals surface area contributed by atoms with Gasteiger partial charge in [-0.05, 0) is 54.8 Å². The molecule has 0 heterocycles. The van der Waals surface area contributed by atoms with Gasteiger partial charge in [-0.25, -0.2) is 0 Å². The maximum Gasteiger partial charge on any atom is 0.165 e. The number of halogens is 1. The van der Waals surface area contributed by atoms with Crippen LogP contribution in [0.5, 0.6) is 0 Å². The summed E-state index contributed by atoms with van der Waals surface area (Å²) in [4.78, 5) is 12.7. The number of ketones is 1. The van der Waals surface area contributed by atoms with E-state index in [0.29, 0.717) is 11.4 Å². The molecule has 26 heavy (non-hydrogen) atoms. The van der Waals surface area contributed by atoms with Crippen molar-refractivity contribution in [2.45, 2.75) is 26.3 Å². The van der Waals surface area contributed by atoms with Gasteiger partial charge in [0.2, 0.25) is 0 Å². The summed E-state index contributed by atoms with van der Waals surface area (Å²) >= 11 is 6.03. The van der Waals surface area contributed by atoms with E-state index in [1.165, 1.54) is 11.1 Å². The first-order valence-corrected chi connectivity index (χ1v) is 9.08. The summed E-state index contributed by atoms with van der Waals surface area (Å²) in [5.74, 6) is 0.113. The van der Waals surface area contributed by atoms with Gasteiger partial charge in [-0.15, -0.1) is 0 Å². The summed E-state index contributed by atoms with van der Waals surface area (Å²) in [7, 11) is 0. The minimum Gasteiger partial charge on any atom is -0.378 e. The Balaban J connectivity index is 1.87. The van der Waals surface area contributed by atoms with Gasteiger partial charge in [-0.2, -0.15) is 0 Å². The molecule has 0 aromatic heterocycles. The van der Waals surface area contributed by atoms with Crippen LogP contribution in [0.25, 0.3) is 0 Å². The first-order valence-electron chi connectivity index (χ1n) is 8.70. The van der Waals surface area contributed by atoms with E-state index in [0.717, 1.165) is 16.8 Å². The van der Waals surface area contributed by atoms with Crippen LogP contribution in [0.2, 0.25) is 5.02 Å². The van der Waals surface area contributed by atoms with Crippen LogP contribution in [0.1, 0.15) is 39.5 Å². The van der Waals surface area contributed by atoms with E-state index < -0.39 is 0 Å². The predicted octanol–water partition coefficient (Wildman–Crippen LogP) is 6.38. The number of nitrogens with one attached hydrogen (secondary N) is 1. The molecular formula is C23H22ClNO. The quantitative estimate of drug-likeness (QED) is 0.514. The highest BCUT2D eigenvalue weighted by Crippen LogP contribution is 2.27. The number of anilines is 1. The lowest BCUT2D eigenvalue weighted by Crippen LogP contribution is -2.16. The van der Waals surface area contributed by atoms with Crippen molar-refractivity contribution in [2.75, 3.05) is 5.32 Å². The third-order valence-corrected chi connectivity index (χ3v) is 4.86. The van der Waals surface area contributed by atoms with Gasteiger partial charge >= 0.3 is 0 Å². The van der Waals surface area contributed by atoms with E-state index in [2.05, 4.69) is 37.4 Å². The van der Waals surface area contributed by atoms with Crippen LogP contribution >= 0.6 is 11.6 Å². The summed E-state index contributed by atoms with van der Waals surface area (Å²) in [5.41, 5.74) is 5.25. The Morgan fingerprint density at radius 2 is 1.62 bits per heavy atom. The fourth-order valence-electron chi connectivity index (χ4n) is 2.91. The molecule has 132 valence electrons. The van der Waals surface area contributed by atoms with Crippen LogP contribution in [0.4, 0.5) is 5.69 Å². The zero-order valence-corrected chi connectivity index (χ0v) is 15.8. The number of hydrogen-bond acceptors (Lipinski definition) is 2. The monoisotopic (exact) mass is 363 g/mol. The molecule has 0 fully saturated rings. The summed E-state index contributed by atoms with van der Waals surface area (Å²) in [6, 6.07) is 23.2. The summed E-state index contributed by atoms with van der Waals surface area (Å²) in [6.45, 7) is 4.18. The van der Waals surface area contributed by atoms with Crippen LogP contribution < -0.4 is 5.32 Å². The number of carbonyl (C=O) groups is 1. The predicted molar refractivity (Wildman–Crippen MR) is 109 cm³/mol. The van der Waals surface area contributed by atoms with Gasteiger partial charge < -0.3 is 5.32 Å². The second-order valence-electron chi connectivity index (χ2n) is 6.54. The zero-order valence-electron chi connectivity index (χ0n) is 15.0. The summed E-state index contributed by atoms with van der Waals surface area (Å²) in [6.07, 6.45) is 0.374. The molecule has 0 amide bonds. The first-order chi connectivity index (χ1) is 12.5. The van der Waals surface area contributed by atoms with Crippen molar-refractivity contribution in [2.24, 2.45) is 0 Å². The van der Waals surface area contributed by atoms with Crippen molar-refractivity contribution >= 4 is 23.1 Å². The highest BCUT2D eigenvalue weighted by Gasteiger charge is 2.17. The molecule has 0 aliphatic rings. The van der Waals surface area contributed by atoms with Gasteiger partial charge in [0.1, 0.15) is 0 Å². The number of rotatable bonds is 6. The van der Waals surface area contributed by atoms with E-state index in [-0.39, 0.29) is 11.8 Å². The fraction of sp³-hybridized carbons (Fsp3) is 0.174. The molecule has 3 rings (SSSR count). The molecule has 2 nitrogen and oxygen atoms in total. The molecule has 3 aromatic carbocycles. The first kappa shape index (κ1) is 18.2. The molecule has 0 saturated carbocycles. The standard InChI is InChI=1S/C23H22ClNO/c1-16-8-13-21(14-17(16)2)25-22(18-9-11-20(24)12-10-18)15-23(26)19-6-4-3-5-7-19/h3-14,22,25H,15H2,1-2H3/t22-/m1/s1. The van der Waals surface area contributed by atoms with E-state index in [4.69, 9.17) is 11.6 Å². The molecule has 3 heteroatoms. The third-order valence-electron chi connectivity index (χ3n) is 4.61. The molecule has 0 spiro atoms. The van der Waals surface area contributed by atoms with Crippen LogP contribution in [0, 0.1) is 13.8 Å². The van der Waals surface area contributed by atoms with E-state index >= 15 is 0 Å². The number of hydrogen-bond donors (Lipinski definition) is 1. The SMILES string of the molecule is Cc1ccc(N[C@H](CC(=O)c2ccccc2)c2ccc(Cl)cc2)cc1C. The third kappa shape index (κ3) is 4.53. The van der Waals surface area contributed by atoms with Gasteiger partial charge in [0.25, 0.3) is 0 Å². The van der Waals surface area contributed by atoms with Crippen molar-refractivity contribution in [3.8, 4) is 0 Å². The van der Waals surface area contributed by atoms with Crippen LogP contribution in [0.15, 0.2) is 72.8 Å². The molecule has 0 unspecified atom stereocenters. The maximum absolute atomic E-state index is 12.7. The van der Waals surface area contributed by atoms with Crippen molar-refractivity contribution in [1.29, 1.82) is 0 Å². The number of Topliss-reactive ketones (excluding diaryl/α,β-unsaturated/α-hetero) is 1. The van der Waals surface area contributed by atoms with Crippen LogP contribution in [-0.2, 0) is 0 Å². The van der Waals surface area contributed by atoms with Gasteiger partial charge in [-0.1, -0.05) is 60.1 Å². The second kappa shape index (κ2) is 8.20. The number of benzene rings is 3. The lowest BCUT2D eigenvalue weighted by Gasteiger charge is -2.21. The smallest absolute Gasteiger partial charge is 0.165 e. The van der Waals surface area contributed by atoms with Gasteiger partial charge in [0.15, 0.2) is 5.78 Å². The molecule has 0 radical (unpaired) electrons. The minimum atomic E-state index is -0.123. The van der Waals surface area contributed by atoms with Gasteiger partial charge in [0, 0.05) is 22.7 Å². The normalized spacial score (nSPS) is 11.8. The lowest BCUT2D eigenvalue weighted by molar-refractivity contribution is 0.0976. The molecule has 0 aliphatic carbocycles. The molecule has 3 aromatic rings. The Morgan fingerprint density at radius 3 is 2.27 bits per heavy atom. The topological polar surface area (TPSA) is 29.1 Å². The highest BCUT2D eigenvalue weighted by molar-refractivity contribution is 6.30. The molecule has 1 atom stereocenters. The van der Waals surface area contributed by atoms with Crippen molar-refractivity contribution in [1.82, 2.24) is 0 Å². The van der Waals surface area contributed by atoms with Crippen molar-refractivity contribution in [3.63, 3.8) is 0 Å². The molecule has 1 N–H and O–H groups in total. The Morgan fingerprint density at radius 1 is 0.923 bits per heavy atom. The summed E-state index contributed by atoms with van der Waals surface area (Å²) in [5, 5.41) is 4.21. The van der Waals surface area contributed by atoms with E-state index in [1.54, 1.807) is 0 Å². The summed E-state index contributed by atoms with van der Waals surface area (Å²) < 4.78 is 0. The molecule has 0 saturated heterocycles. The zero-order chi connectivity index (χ0) is 18.5. The van der Waals surface area contributed by atoms with Crippen LogP contribution in [-0.4, -0.2) is 5.78 Å². The Bertz CT molecular complexity index is 888.